The molecule has 0 unspecified atom stereocenters. The number of rotatable bonds is 4. The Morgan fingerprint density at radius 1 is 1.50 bits per heavy atom. The first-order chi connectivity index (χ1) is 8.72. The van der Waals surface area contributed by atoms with Gasteiger partial charge in [-0.1, -0.05) is 23.9 Å². The Hall–Kier alpha value is -1.82. The van der Waals surface area contributed by atoms with Gasteiger partial charge in [-0.15, -0.1) is 10.2 Å². The van der Waals surface area contributed by atoms with Gasteiger partial charge in [0.05, 0.1) is 7.11 Å². The largest absolute Gasteiger partial charge is 0.466 e. The molecular formula is C12H13N3O2S. The van der Waals surface area contributed by atoms with E-state index in [2.05, 4.69) is 14.9 Å². The summed E-state index contributed by atoms with van der Waals surface area (Å²) in [5, 5.41) is 8.94. The molecule has 5 nitrogen and oxygen atoms in total. The minimum atomic E-state index is -0.304. The predicted molar refractivity (Wildman–Crippen MR) is 69.5 cm³/mol. The van der Waals surface area contributed by atoms with E-state index in [9.17, 15) is 4.79 Å². The lowest BCUT2D eigenvalue weighted by Gasteiger charge is -1.99. The lowest BCUT2D eigenvalue weighted by atomic mass is 10.3. The molecule has 0 aromatic carbocycles. The van der Waals surface area contributed by atoms with Gasteiger partial charge in [0.15, 0.2) is 10.8 Å². The molecule has 0 amide bonds. The number of hydrogen-bond donors (Lipinski definition) is 0. The summed E-state index contributed by atoms with van der Waals surface area (Å²) in [7, 11) is 1.37. The predicted octanol–water partition coefficient (Wildman–Crippen LogP) is 1.94. The molecule has 0 saturated heterocycles. The summed E-state index contributed by atoms with van der Waals surface area (Å²) >= 11 is 1.52. The minimum Gasteiger partial charge on any atom is -0.466 e. The maximum Gasteiger partial charge on any atom is 0.333 e. The van der Waals surface area contributed by atoms with E-state index in [0.29, 0.717) is 11.3 Å². The van der Waals surface area contributed by atoms with Crippen molar-refractivity contribution in [3.63, 3.8) is 0 Å². The molecule has 0 bridgehead atoms. The van der Waals surface area contributed by atoms with Crippen molar-refractivity contribution in [1.82, 2.24) is 14.6 Å². The Morgan fingerprint density at radius 2 is 2.33 bits per heavy atom. The van der Waals surface area contributed by atoms with Crippen LogP contribution in [0.5, 0.6) is 0 Å². The van der Waals surface area contributed by atoms with Crippen LogP contribution in [0, 0.1) is 0 Å². The van der Waals surface area contributed by atoms with E-state index in [4.69, 9.17) is 0 Å². The molecule has 0 saturated carbocycles. The first-order valence-electron chi connectivity index (χ1n) is 5.40. The van der Waals surface area contributed by atoms with Crippen molar-refractivity contribution >= 4 is 23.4 Å². The SMILES string of the molecule is COC(=O)C(C)=CCSc1nnc2ccccn12. The summed E-state index contributed by atoms with van der Waals surface area (Å²) in [5.41, 5.74) is 1.41. The van der Waals surface area contributed by atoms with Crippen LogP contribution in [0.1, 0.15) is 6.92 Å². The van der Waals surface area contributed by atoms with Crippen LogP contribution >= 0.6 is 11.8 Å². The zero-order valence-corrected chi connectivity index (χ0v) is 11.0. The second-order valence-electron chi connectivity index (χ2n) is 3.60. The average molecular weight is 263 g/mol. The van der Waals surface area contributed by atoms with Crippen LogP contribution < -0.4 is 0 Å². The maximum atomic E-state index is 11.2. The summed E-state index contributed by atoms with van der Waals surface area (Å²) in [4.78, 5) is 11.2. The van der Waals surface area contributed by atoms with Crippen LogP contribution in [0.4, 0.5) is 0 Å². The molecular weight excluding hydrogens is 250 g/mol. The van der Waals surface area contributed by atoms with Gasteiger partial charge < -0.3 is 4.74 Å². The fourth-order valence-electron chi connectivity index (χ4n) is 1.40. The van der Waals surface area contributed by atoms with Crippen LogP contribution in [0.25, 0.3) is 5.65 Å². The van der Waals surface area contributed by atoms with Crippen LogP contribution in [0.2, 0.25) is 0 Å². The second kappa shape index (κ2) is 5.68. The second-order valence-corrected chi connectivity index (χ2v) is 4.59. The Balaban J connectivity index is 2.05. The summed E-state index contributed by atoms with van der Waals surface area (Å²) in [6, 6.07) is 5.74. The molecule has 94 valence electrons. The summed E-state index contributed by atoms with van der Waals surface area (Å²) < 4.78 is 6.53. The molecule has 0 N–H and O–H groups in total. The number of carbonyl (C=O) groups is 1. The number of ether oxygens (including phenoxy) is 1. The molecule has 2 rings (SSSR count). The molecule has 0 aliphatic rings. The zero-order valence-electron chi connectivity index (χ0n) is 10.2. The number of hydrogen-bond acceptors (Lipinski definition) is 5. The molecule has 0 atom stereocenters. The van der Waals surface area contributed by atoms with E-state index < -0.39 is 0 Å². The van der Waals surface area contributed by atoms with E-state index in [0.717, 1.165) is 10.8 Å². The molecule has 0 spiro atoms. The lowest BCUT2D eigenvalue weighted by molar-refractivity contribution is -0.136. The fraction of sp³-hybridized carbons (Fsp3) is 0.250. The average Bonchev–Trinajstić information content (AvgIpc) is 2.81. The number of nitrogens with zero attached hydrogens (tertiary/aromatic N) is 3. The topological polar surface area (TPSA) is 56.5 Å². The summed E-state index contributed by atoms with van der Waals surface area (Å²) in [5.74, 6) is 0.345. The molecule has 18 heavy (non-hydrogen) atoms. The highest BCUT2D eigenvalue weighted by Crippen LogP contribution is 2.17. The van der Waals surface area contributed by atoms with Gasteiger partial charge >= 0.3 is 5.97 Å². The van der Waals surface area contributed by atoms with E-state index >= 15 is 0 Å². The highest BCUT2D eigenvalue weighted by Gasteiger charge is 2.05. The molecule has 0 radical (unpaired) electrons. The van der Waals surface area contributed by atoms with Crippen LogP contribution in [0.3, 0.4) is 0 Å². The van der Waals surface area contributed by atoms with Crippen molar-refractivity contribution in [3.05, 3.63) is 36.0 Å². The first kappa shape index (κ1) is 12.6. The van der Waals surface area contributed by atoms with Crippen LogP contribution in [-0.4, -0.2) is 33.4 Å². The highest BCUT2D eigenvalue weighted by atomic mass is 32.2. The number of fused-ring (bicyclic) bond motifs is 1. The van der Waals surface area contributed by atoms with Gasteiger partial charge in [0.2, 0.25) is 0 Å². The van der Waals surface area contributed by atoms with Gasteiger partial charge in [-0.05, 0) is 19.1 Å². The number of thioether (sulfide) groups is 1. The van der Waals surface area contributed by atoms with E-state index in [1.807, 2.05) is 34.9 Å². The quantitative estimate of drug-likeness (QED) is 0.479. The summed E-state index contributed by atoms with van der Waals surface area (Å²) in [6.07, 6.45) is 3.73. The molecule has 6 heteroatoms. The van der Waals surface area contributed by atoms with Gasteiger partial charge in [0.25, 0.3) is 0 Å². The Bertz CT molecular complexity index is 592. The third-order valence-electron chi connectivity index (χ3n) is 2.39. The molecule has 0 aliphatic carbocycles. The van der Waals surface area contributed by atoms with Crippen molar-refractivity contribution in [1.29, 1.82) is 0 Å². The van der Waals surface area contributed by atoms with Crippen LogP contribution in [0.15, 0.2) is 41.2 Å². The third-order valence-corrected chi connectivity index (χ3v) is 3.26. The maximum absolute atomic E-state index is 11.2. The van der Waals surface area contributed by atoms with E-state index in [-0.39, 0.29) is 5.97 Å². The van der Waals surface area contributed by atoms with Crippen molar-refractivity contribution in [3.8, 4) is 0 Å². The van der Waals surface area contributed by atoms with Crippen molar-refractivity contribution < 1.29 is 9.53 Å². The number of carbonyl (C=O) groups excluding carboxylic acids is 1. The van der Waals surface area contributed by atoms with Crippen molar-refractivity contribution in [2.24, 2.45) is 0 Å². The molecule has 2 aromatic rings. The minimum absolute atomic E-state index is 0.304. The normalized spacial score (nSPS) is 11.8. The third kappa shape index (κ3) is 2.70. The monoisotopic (exact) mass is 263 g/mol. The number of esters is 1. The van der Waals surface area contributed by atoms with Gasteiger partial charge in [0.1, 0.15) is 0 Å². The smallest absolute Gasteiger partial charge is 0.333 e. The lowest BCUT2D eigenvalue weighted by Crippen LogP contribution is -2.01. The zero-order chi connectivity index (χ0) is 13.0. The Labute approximate surface area is 109 Å². The first-order valence-corrected chi connectivity index (χ1v) is 6.38. The van der Waals surface area contributed by atoms with Crippen LogP contribution in [-0.2, 0) is 9.53 Å². The Kier molecular flexibility index (Phi) is 3.99. The molecule has 0 fully saturated rings. The summed E-state index contributed by atoms with van der Waals surface area (Å²) in [6.45, 7) is 1.73. The van der Waals surface area contributed by atoms with Gasteiger partial charge in [0, 0.05) is 17.5 Å². The number of pyridine rings is 1. The van der Waals surface area contributed by atoms with E-state index in [1.54, 1.807) is 6.92 Å². The highest BCUT2D eigenvalue weighted by molar-refractivity contribution is 7.99. The van der Waals surface area contributed by atoms with Gasteiger partial charge in [-0.3, -0.25) is 4.40 Å². The Morgan fingerprint density at radius 3 is 3.11 bits per heavy atom. The number of aromatic nitrogens is 3. The number of methoxy groups -OCH3 is 1. The van der Waals surface area contributed by atoms with E-state index in [1.165, 1.54) is 18.9 Å². The molecule has 2 aromatic heterocycles. The molecule has 0 aliphatic heterocycles. The van der Waals surface area contributed by atoms with Crippen molar-refractivity contribution in [2.45, 2.75) is 12.1 Å². The van der Waals surface area contributed by atoms with Crippen molar-refractivity contribution in [2.75, 3.05) is 12.9 Å². The van der Waals surface area contributed by atoms with Gasteiger partial charge in [-0.25, -0.2) is 4.79 Å². The standard InChI is InChI=1S/C12H13N3O2S/c1-9(11(16)17-2)6-8-18-12-14-13-10-5-3-4-7-15(10)12/h3-7H,8H2,1-2H3. The van der Waals surface area contributed by atoms with Gasteiger partial charge in [-0.2, -0.15) is 0 Å². The molecule has 2 heterocycles. The fourth-order valence-corrected chi connectivity index (χ4v) is 2.28.